The summed E-state index contributed by atoms with van der Waals surface area (Å²) >= 11 is 1.37. The predicted octanol–water partition coefficient (Wildman–Crippen LogP) is 5.69. The third-order valence-corrected chi connectivity index (χ3v) is 8.13. The number of ether oxygens (including phenoxy) is 1. The van der Waals surface area contributed by atoms with Gasteiger partial charge in [0.05, 0.1) is 19.1 Å². The first-order chi connectivity index (χ1) is 18.8. The number of Topliss-reactive ketones (excluding diaryl/α,β-unsaturated/α-hetero) is 1. The Kier molecular flexibility index (Phi) is 7.21. The number of aromatic nitrogens is 1. The van der Waals surface area contributed by atoms with E-state index in [1.807, 2.05) is 18.4 Å². The number of hydrogen-bond acceptors (Lipinski definition) is 7. The summed E-state index contributed by atoms with van der Waals surface area (Å²) in [6.07, 6.45) is 3.15. The van der Waals surface area contributed by atoms with Crippen molar-refractivity contribution in [3.8, 4) is 5.75 Å². The molecule has 1 aliphatic rings. The monoisotopic (exact) mass is 545 g/mol. The Morgan fingerprint density at radius 2 is 1.85 bits per heavy atom. The molecule has 4 unspecified atom stereocenters. The molecule has 4 aromatic rings. The second-order valence-corrected chi connectivity index (χ2v) is 10.3. The summed E-state index contributed by atoms with van der Waals surface area (Å²) in [7, 11) is 1.54. The third kappa shape index (κ3) is 4.90. The minimum Gasteiger partial charge on any atom is -0.497 e. The van der Waals surface area contributed by atoms with Crippen molar-refractivity contribution in [2.45, 2.75) is 31.8 Å². The quantitative estimate of drug-likeness (QED) is 0.286. The van der Waals surface area contributed by atoms with Gasteiger partial charge in [-0.05, 0) is 78.9 Å². The number of benzene rings is 1. The standard InChI is InChI=1S/C29H27N3O6S/c1-16-12-14-39-27(16)23-22(26(33)21-11-6-17(2)38-21)24(18-5-4-13-30-15-18)32(25(23)28(34)35)29(36)31-19-7-9-20(37-3)10-8-19/h4-15,22-25H,1-3H3,(H,31,36)(H,34,35). The van der Waals surface area contributed by atoms with Crippen molar-refractivity contribution in [2.75, 3.05) is 12.4 Å². The van der Waals surface area contributed by atoms with Crippen LogP contribution in [0.4, 0.5) is 10.5 Å². The van der Waals surface area contributed by atoms with Crippen molar-refractivity contribution in [1.82, 2.24) is 9.88 Å². The normalized spacial score (nSPS) is 20.5. The van der Waals surface area contributed by atoms with Crippen LogP contribution in [-0.4, -0.2) is 45.9 Å². The van der Waals surface area contributed by atoms with E-state index in [1.165, 1.54) is 23.3 Å². The number of ketones is 1. The Bertz CT molecular complexity index is 1500. The Morgan fingerprint density at radius 1 is 1.08 bits per heavy atom. The summed E-state index contributed by atoms with van der Waals surface area (Å²) in [6, 6.07) is 12.4. The van der Waals surface area contributed by atoms with E-state index in [4.69, 9.17) is 9.15 Å². The first-order valence-corrected chi connectivity index (χ1v) is 13.2. The average molecular weight is 546 g/mol. The van der Waals surface area contributed by atoms with Crippen molar-refractivity contribution >= 4 is 34.8 Å². The minimum absolute atomic E-state index is 0.118. The molecule has 2 amide bonds. The van der Waals surface area contributed by atoms with Crippen LogP contribution in [-0.2, 0) is 4.79 Å². The Hall–Kier alpha value is -4.44. The number of nitrogens with zero attached hydrogens (tertiary/aromatic N) is 2. The maximum atomic E-state index is 14.2. The molecule has 4 heterocycles. The summed E-state index contributed by atoms with van der Waals surface area (Å²) in [5, 5.41) is 15.3. The maximum absolute atomic E-state index is 14.2. The molecule has 0 bridgehead atoms. The van der Waals surface area contributed by atoms with E-state index >= 15 is 0 Å². The number of hydrogen-bond donors (Lipinski definition) is 2. The molecule has 0 aliphatic carbocycles. The molecule has 200 valence electrons. The number of carbonyl (C=O) groups excluding carboxylic acids is 2. The second-order valence-electron chi connectivity index (χ2n) is 9.37. The molecular weight excluding hydrogens is 518 g/mol. The molecule has 5 rings (SSSR count). The van der Waals surface area contributed by atoms with E-state index in [2.05, 4.69) is 10.3 Å². The number of carboxylic acids is 1. The van der Waals surface area contributed by atoms with Crippen molar-refractivity contribution in [3.05, 3.63) is 99.9 Å². The number of pyridine rings is 1. The fourth-order valence-electron chi connectivity index (χ4n) is 5.29. The van der Waals surface area contributed by atoms with Gasteiger partial charge in [-0.1, -0.05) is 6.07 Å². The lowest BCUT2D eigenvalue weighted by Gasteiger charge is -2.30. The fraction of sp³-hybridized carbons (Fsp3) is 0.241. The number of likely N-dealkylation sites (tertiary alicyclic amines) is 1. The SMILES string of the molecule is COc1ccc(NC(=O)N2C(C(=O)O)C(c3sccc3C)C(C(=O)c3ccc(C)o3)C2c2cccnc2)cc1. The smallest absolute Gasteiger partial charge is 0.327 e. The summed E-state index contributed by atoms with van der Waals surface area (Å²) in [5.41, 5.74) is 1.86. The lowest BCUT2D eigenvalue weighted by molar-refractivity contribution is -0.142. The fourth-order valence-corrected chi connectivity index (χ4v) is 6.39. The number of furan rings is 1. The molecule has 2 N–H and O–H groups in total. The van der Waals surface area contributed by atoms with E-state index in [-0.39, 0.29) is 11.5 Å². The maximum Gasteiger partial charge on any atom is 0.327 e. The molecule has 39 heavy (non-hydrogen) atoms. The first-order valence-electron chi connectivity index (χ1n) is 12.3. The number of carbonyl (C=O) groups is 3. The van der Waals surface area contributed by atoms with E-state index in [0.29, 0.717) is 22.8 Å². The van der Waals surface area contributed by atoms with Gasteiger partial charge in [-0.25, -0.2) is 9.59 Å². The van der Waals surface area contributed by atoms with Gasteiger partial charge in [0.15, 0.2) is 5.76 Å². The number of thiophene rings is 1. The highest BCUT2D eigenvalue weighted by molar-refractivity contribution is 7.10. The molecule has 4 atom stereocenters. The number of rotatable bonds is 7. The van der Waals surface area contributed by atoms with Gasteiger partial charge in [0.1, 0.15) is 17.6 Å². The van der Waals surface area contributed by atoms with Gasteiger partial charge >= 0.3 is 12.0 Å². The van der Waals surface area contributed by atoms with E-state index in [9.17, 15) is 19.5 Å². The Balaban J connectivity index is 1.68. The average Bonchev–Trinajstić information content (AvgIpc) is 3.65. The molecule has 0 spiro atoms. The zero-order valence-corrected chi connectivity index (χ0v) is 22.3. The lowest BCUT2D eigenvalue weighted by Crippen LogP contribution is -2.45. The molecule has 1 fully saturated rings. The molecule has 10 heteroatoms. The van der Waals surface area contributed by atoms with Crippen LogP contribution in [0.2, 0.25) is 0 Å². The molecule has 3 aromatic heterocycles. The summed E-state index contributed by atoms with van der Waals surface area (Å²) in [4.78, 5) is 47.3. The molecular formula is C29H27N3O6S. The van der Waals surface area contributed by atoms with Crippen LogP contribution in [0.15, 0.2) is 76.8 Å². The van der Waals surface area contributed by atoms with Crippen LogP contribution < -0.4 is 10.1 Å². The number of urea groups is 1. The Labute approximate surface area is 229 Å². The van der Waals surface area contributed by atoms with Crippen LogP contribution in [0.25, 0.3) is 0 Å². The minimum atomic E-state index is -1.34. The topological polar surface area (TPSA) is 122 Å². The highest BCUT2D eigenvalue weighted by atomic mass is 32.1. The van der Waals surface area contributed by atoms with E-state index in [0.717, 1.165) is 10.4 Å². The summed E-state index contributed by atoms with van der Waals surface area (Å²) in [6.45, 7) is 3.61. The van der Waals surface area contributed by atoms with Gasteiger partial charge in [0.2, 0.25) is 5.78 Å². The Morgan fingerprint density at radius 3 is 2.41 bits per heavy atom. The number of nitrogens with one attached hydrogen (secondary N) is 1. The number of carboxylic acid groups (broad SMARTS) is 1. The molecule has 1 aliphatic heterocycles. The van der Waals surface area contributed by atoms with Crippen molar-refractivity contribution in [1.29, 1.82) is 0 Å². The molecule has 1 saturated heterocycles. The first kappa shape index (κ1) is 26.2. The molecule has 0 radical (unpaired) electrons. The van der Waals surface area contributed by atoms with Gasteiger partial charge in [-0.2, -0.15) is 0 Å². The number of amides is 2. The van der Waals surface area contributed by atoms with Crippen LogP contribution in [0.3, 0.4) is 0 Å². The number of aryl methyl sites for hydroxylation is 2. The van der Waals surface area contributed by atoms with E-state index < -0.39 is 35.9 Å². The van der Waals surface area contributed by atoms with Crippen LogP contribution >= 0.6 is 11.3 Å². The highest BCUT2D eigenvalue weighted by Crippen LogP contribution is 2.53. The van der Waals surface area contributed by atoms with Gasteiger partial charge in [-0.3, -0.25) is 9.78 Å². The molecule has 1 aromatic carbocycles. The number of aliphatic carboxylic acids is 1. The number of methoxy groups -OCH3 is 1. The highest BCUT2D eigenvalue weighted by Gasteiger charge is 2.59. The van der Waals surface area contributed by atoms with Crippen LogP contribution in [0.1, 0.15) is 44.3 Å². The van der Waals surface area contributed by atoms with E-state index in [1.54, 1.807) is 67.8 Å². The van der Waals surface area contributed by atoms with Crippen molar-refractivity contribution < 1.29 is 28.6 Å². The van der Waals surface area contributed by atoms with Crippen LogP contribution in [0.5, 0.6) is 5.75 Å². The van der Waals surface area contributed by atoms with Gasteiger partial charge < -0.3 is 24.5 Å². The van der Waals surface area contributed by atoms with Gasteiger partial charge in [0.25, 0.3) is 0 Å². The zero-order valence-electron chi connectivity index (χ0n) is 21.5. The lowest BCUT2D eigenvalue weighted by atomic mass is 9.79. The molecule has 0 saturated carbocycles. The largest absolute Gasteiger partial charge is 0.497 e. The molecule has 9 nitrogen and oxygen atoms in total. The van der Waals surface area contributed by atoms with Crippen LogP contribution in [0, 0.1) is 19.8 Å². The summed E-state index contributed by atoms with van der Waals surface area (Å²) in [5.74, 6) is -2.07. The second kappa shape index (κ2) is 10.7. The third-order valence-electron chi connectivity index (χ3n) is 7.01. The predicted molar refractivity (Wildman–Crippen MR) is 145 cm³/mol. The zero-order chi connectivity index (χ0) is 27.7. The summed E-state index contributed by atoms with van der Waals surface area (Å²) < 4.78 is 10.9. The number of anilines is 1. The van der Waals surface area contributed by atoms with Gasteiger partial charge in [0, 0.05) is 28.9 Å². The van der Waals surface area contributed by atoms with Crippen molar-refractivity contribution in [3.63, 3.8) is 0 Å². The van der Waals surface area contributed by atoms with Gasteiger partial charge in [-0.15, -0.1) is 11.3 Å². The van der Waals surface area contributed by atoms with Crippen molar-refractivity contribution in [2.24, 2.45) is 5.92 Å².